The lowest BCUT2D eigenvalue weighted by atomic mass is 9.77. The van der Waals surface area contributed by atoms with Crippen LogP contribution in [0.1, 0.15) is 51.0 Å². The Bertz CT molecular complexity index is 614. The number of likely N-dealkylation sites (tertiary alicyclic amines) is 1. The van der Waals surface area contributed by atoms with Crippen molar-refractivity contribution in [1.82, 2.24) is 10.2 Å². The molecule has 1 aromatic rings. The second-order valence-electron chi connectivity index (χ2n) is 7.25. The van der Waals surface area contributed by atoms with E-state index in [1.165, 1.54) is 0 Å². The van der Waals surface area contributed by atoms with Crippen LogP contribution in [0.4, 0.5) is 0 Å². The number of methoxy groups -OCH3 is 1. The summed E-state index contributed by atoms with van der Waals surface area (Å²) in [5.41, 5.74) is 0.496. The average Bonchev–Trinajstić information content (AvgIpc) is 3.33. The van der Waals surface area contributed by atoms with Gasteiger partial charge in [-0.1, -0.05) is 25.0 Å². The molecule has 1 aromatic carbocycles. The number of hydrogen-bond donors (Lipinski definition) is 1. The summed E-state index contributed by atoms with van der Waals surface area (Å²) >= 11 is 0. The van der Waals surface area contributed by atoms with E-state index in [0.29, 0.717) is 0 Å². The monoisotopic (exact) mass is 344 g/mol. The molecule has 1 atom stereocenters. The minimum atomic E-state index is -0.522. The van der Waals surface area contributed by atoms with E-state index >= 15 is 0 Å². The normalized spacial score (nSPS) is 20.3. The zero-order valence-corrected chi connectivity index (χ0v) is 15.2. The van der Waals surface area contributed by atoms with E-state index in [2.05, 4.69) is 5.32 Å². The molecule has 0 bridgehead atoms. The van der Waals surface area contributed by atoms with Crippen molar-refractivity contribution < 1.29 is 14.3 Å². The summed E-state index contributed by atoms with van der Waals surface area (Å²) in [4.78, 5) is 27.5. The maximum Gasteiger partial charge on any atom is 0.244 e. The molecular weight excluding hydrogens is 316 g/mol. The topological polar surface area (TPSA) is 58.6 Å². The first-order valence-corrected chi connectivity index (χ1v) is 9.31. The van der Waals surface area contributed by atoms with Crippen LogP contribution in [0.2, 0.25) is 0 Å². The van der Waals surface area contributed by atoms with E-state index in [4.69, 9.17) is 4.74 Å². The summed E-state index contributed by atoms with van der Waals surface area (Å²) in [6.45, 7) is 3.42. The zero-order chi connectivity index (χ0) is 17.9. The lowest BCUT2D eigenvalue weighted by molar-refractivity contribution is -0.136. The zero-order valence-electron chi connectivity index (χ0n) is 15.2. The summed E-state index contributed by atoms with van der Waals surface area (Å²) in [5, 5.41) is 3.01. The molecule has 1 saturated heterocycles. The Labute approximate surface area is 149 Å². The van der Waals surface area contributed by atoms with Crippen molar-refractivity contribution in [3.05, 3.63) is 29.8 Å². The number of carbonyl (C=O) groups is 2. The van der Waals surface area contributed by atoms with E-state index in [0.717, 1.165) is 62.9 Å². The molecule has 5 heteroatoms. The number of carbonyl (C=O) groups excluding carboxylic acids is 2. The van der Waals surface area contributed by atoms with Gasteiger partial charge < -0.3 is 15.0 Å². The predicted octanol–water partition coefficient (Wildman–Crippen LogP) is 2.63. The van der Waals surface area contributed by atoms with Crippen LogP contribution >= 0.6 is 0 Å². The van der Waals surface area contributed by atoms with Crippen LogP contribution in [-0.4, -0.2) is 43.0 Å². The summed E-state index contributed by atoms with van der Waals surface area (Å²) < 4.78 is 5.23. The number of amides is 2. The molecule has 25 heavy (non-hydrogen) atoms. The Hall–Kier alpha value is -2.04. The predicted molar refractivity (Wildman–Crippen MR) is 96.6 cm³/mol. The van der Waals surface area contributed by atoms with Crippen molar-refractivity contribution in [2.75, 3.05) is 20.2 Å². The first-order chi connectivity index (χ1) is 12.1. The van der Waals surface area contributed by atoms with Crippen molar-refractivity contribution in [3.63, 3.8) is 0 Å². The van der Waals surface area contributed by atoms with Gasteiger partial charge in [0, 0.05) is 13.1 Å². The highest BCUT2D eigenvalue weighted by molar-refractivity contribution is 5.93. The number of nitrogens with zero attached hydrogens (tertiary/aromatic N) is 1. The fourth-order valence-corrected chi connectivity index (χ4v) is 4.14. The van der Waals surface area contributed by atoms with Crippen LogP contribution in [0.15, 0.2) is 24.3 Å². The maximum absolute atomic E-state index is 13.1. The number of hydrogen-bond acceptors (Lipinski definition) is 3. The van der Waals surface area contributed by atoms with Crippen LogP contribution in [0.25, 0.3) is 0 Å². The van der Waals surface area contributed by atoms with Crippen LogP contribution in [0.5, 0.6) is 5.75 Å². The molecule has 2 fully saturated rings. The molecule has 5 nitrogen and oxygen atoms in total. The van der Waals surface area contributed by atoms with E-state index in [1.807, 2.05) is 29.2 Å². The molecule has 1 saturated carbocycles. The third-order valence-electron chi connectivity index (χ3n) is 5.67. The molecular formula is C20H28N2O3. The molecule has 1 N–H and O–H groups in total. The van der Waals surface area contributed by atoms with E-state index in [1.54, 1.807) is 14.0 Å². The van der Waals surface area contributed by atoms with Gasteiger partial charge in [0.1, 0.15) is 11.8 Å². The Kier molecular flexibility index (Phi) is 5.30. The Morgan fingerprint density at radius 1 is 1.08 bits per heavy atom. The second-order valence-corrected chi connectivity index (χ2v) is 7.25. The Morgan fingerprint density at radius 3 is 2.24 bits per heavy atom. The van der Waals surface area contributed by atoms with Crippen molar-refractivity contribution in [3.8, 4) is 5.75 Å². The molecule has 136 valence electrons. The van der Waals surface area contributed by atoms with Gasteiger partial charge in [0.05, 0.1) is 12.5 Å². The molecule has 2 aliphatic rings. The van der Waals surface area contributed by atoms with Gasteiger partial charge in [-0.15, -0.1) is 0 Å². The first-order valence-electron chi connectivity index (χ1n) is 9.31. The summed E-state index contributed by atoms with van der Waals surface area (Å²) in [7, 11) is 1.64. The third kappa shape index (κ3) is 3.51. The number of benzene rings is 1. The number of ether oxygens (including phenoxy) is 1. The molecule has 1 unspecified atom stereocenters. The van der Waals surface area contributed by atoms with Gasteiger partial charge in [0.2, 0.25) is 11.8 Å². The quantitative estimate of drug-likeness (QED) is 0.893. The fraction of sp³-hybridized carbons (Fsp3) is 0.600. The van der Waals surface area contributed by atoms with Crippen molar-refractivity contribution in [2.24, 2.45) is 0 Å². The van der Waals surface area contributed by atoms with Gasteiger partial charge in [-0.05, 0) is 50.3 Å². The van der Waals surface area contributed by atoms with Gasteiger partial charge in [-0.25, -0.2) is 0 Å². The summed E-state index contributed by atoms with van der Waals surface area (Å²) in [6, 6.07) is 7.30. The van der Waals surface area contributed by atoms with Gasteiger partial charge in [-0.2, -0.15) is 0 Å². The van der Waals surface area contributed by atoms with Crippen molar-refractivity contribution in [1.29, 1.82) is 0 Å². The molecule has 1 aliphatic heterocycles. The second kappa shape index (κ2) is 7.46. The number of rotatable bonds is 5. The van der Waals surface area contributed by atoms with Gasteiger partial charge in [-0.3, -0.25) is 9.59 Å². The summed E-state index contributed by atoms with van der Waals surface area (Å²) in [5.74, 6) is 0.804. The lowest BCUT2D eigenvalue weighted by Gasteiger charge is -2.31. The van der Waals surface area contributed by atoms with Gasteiger partial charge in [0.25, 0.3) is 0 Å². The first kappa shape index (κ1) is 17.8. The minimum absolute atomic E-state index is 0.0183. The lowest BCUT2D eigenvalue weighted by Crippen LogP contribution is -2.51. The summed E-state index contributed by atoms with van der Waals surface area (Å²) in [6.07, 6.45) is 5.85. The van der Waals surface area contributed by atoms with Crippen LogP contribution in [0.3, 0.4) is 0 Å². The minimum Gasteiger partial charge on any atom is -0.497 e. The highest BCUT2D eigenvalue weighted by Crippen LogP contribution is 2.42. The molecule has 0 aromatic heterocycles. The Morgan fingerprint density at radius 2 is 1.68 bits per heavy atom. The Balaban J connectivity index is 1.75. The number of nitrogens with one attached hydrogen (secondary N) is 1. The van der Waals surface area contributed by atoms with Crippen molar-refractivity contribution in [2.45, 2.75) is 56.9 Å². The fourth-order valence-electron chi connectivity index (χ4n) is 4.14. The molecule has 1 aliphatic carbocycles. The SMILES string of the molecule is COc1ccc(C2(C(=O)NC(C)C(=O)N3CCCC3)CCCC2)cc1. The highest BCUT2D eigenvalue weighted by Gasteiger charge is 2.43. The molecule has 3 rings (SSSR count). The van der Waals surface area contributed by atoms with Gasteiger partial charge >= 0.3 is 0 Å². The third-order valence-corrected chi connectivity index (χ3v) is 5.67. The maximum atomic E-state index is 13.1. The largest absolute Gasteiger partial charge is 0.497 e. The molecule has 0 spiro atoms. The van der Waals surface area contributed by atoms with Gasteiger partial charge in [0.15, 0.2) is 0 Å². The van der Waals surface area contributed by atoms with E-state index in [-0.39, 0.29) is 11.8 Å². The van der Waals surface area contributed by atoms with E-state index in [9.17, 15) is 9.59 Å². The molecule has 2 amide bonds. The molecule has 1 heterocycles. The molecule has 0 radical (unpaired) electrons. The van der Waals surface area contributed by atoms with Crippen LogP contribution < -0.4 is 10.1 Å². The van der Waals surface area contributed by atoms with Crippen LogP contribution in [0, 0.1) is 0 Å². The van der Waals surface area contributed by atoms with Crippen LogP contribution in [-0.2, 0) is 15.0 Å². The smallest absolute Gasteiger partial charge is 0.244 e. The van der Waals surface area contributed by atoms with Crippen molar-refractivity contribution >= 4 is 11.8 Å². The average molecular weight is 344 g/mol. The highest BCUT2D eigenvalue weighted by atomic mass is 16.5. The van der Waals surface area contributed by atoms with E-state index < -0.39 is 11.5 Å². The standard InChI is InChI=1S/C20H28N2O3/c1-15(18(23)22-13-5-6-14-22)21-19(24)20(11-3-4-12-20)16-7-9-17(25-2)10-8-16/h7-10,15H,3-6,11-14H2,1-2H3,(H,21,24).